The minimum absolute atomic E-state index is 0.0679. The number of aliphatic imine (C=N–C) groups is 1. The maximum Gasteiger partial charge on any atom is 0.261 e. The van der Waals surface area contributed by atoms with Gasteiger partial charge in [-0.05, 0) is 318 Å². The quantitative estimate of drug-likeness (QED) is 0.0482. The maximum absolute atomic E-state index is 12.6. The van der Waals surface area contributed by atoms with Crippen molar-refractivity contribution in [2.24, 2.45) is 70.0 Å². The highest BCUT2D eigenvalue weighted by Gasteiger charge is 2.53. The first-order valence-electron chi connectivity index (χ1n) is 53.9. The van der Waals surface area contributed by atoms with Gasteiger partial charge in [-0.2, -0.15) is 0 Å². The number of piperidine rings is 6. The summed E-state index contributed by atoms with van der Waals surface area (Å²) < 4.78 is 100. The molecule has 0 spiro atoms. The van der Waals surface area contributed by atoms with Crippen LogP contribution in [0.1, 0.15) is 259 Å². The van der Waals surface area contributed by atoms with Crippen molar-refractivity contribution in [3.8, 4) is 0 Å². The molecule has 0 amide bonds. The lowest BCUT2D eigenvalue weighted by molar-refractivity contribution is 0.0173. The van der Waals surface area contributed by atoms with Crippen molar-refractivity contribution in [3.63, 3.8) is 0 Å². The fourth-order valence-electron chi connectivity index (χ4n) is 23.1. The molecule has 15 rings (SSSR count). The van der Waals surface area contributed by atoms with E-state index in [2.05, 4.69) is 246 Å². The number of hydrogen-bond acceptors (Lipinski definition) is 15. The molecule has 150 heavy (non-hydrogen) atoms. The fraction of sp³-hybridized carbons (Fsp3) is 0.585. The summed E-state index contributed by atoms with van der Waals surface area (Å²) in [5.74, 6) is 0.0687. The van der Waals surface area contributed by atoms with Gasteiger partial charge in [-0.25, -0.2) is 73.1 Å². The summed E-state index contributed by atoms with van der Waals surface area (Å²) in [5, 5.41) is 0. The zero-order chi connectivity index (χ0) is 110. The molecule has 1 aliphatic carbocycles. The van der Waals surface area contributed by atoms with Gasteiger partial charge in [0.2, 0.25) is 49.3 Å². The lowest BCUT2D eigenvalue weighted by atomic mass is 9.61. The number of benzene rings is 7. The van der Waals surface area contributed by atoms with Crippen molar-refractivity contribution < 1.29 is 33.7 Å². The molecule has 6 fully saturated rings. The third-order valence-corrected chi connectivity index (χ3v) is 40.1. The average Bonchev–Trinajstić information content (AvgIpc) is 0.977. The second-order valence-electron chi connectivity index (χ2n) is 50.0. The van der Waals surface area contributed by atoms with Gasteiger partial charge in [-0.15, -0.1) is 0 Å². The van der Waals surface area contributed by atoms with Gasteiger partial charge in [-0.3, -0.25) is 43.8 Å². The third kappa shape index (κ3) is 32.8. The summed E-state index contributed by atoms with van der Waals surface area (Å²) in [6.07, 6.45) is 23.8. The Morgan fingerprint density at radius 1 is 0.307 bits per heavy atom. The van der Waals surface area contributed by atoms with Crippen LogP contribution in [0.15, 0.2) is 190 Å². The predicted molar refractivity (Wildman–Crippen MR) is 617 cm³/mol. The Balaban J connectivity index is 0.000000184. The van der Waals surface area contributed by atoms with Gasteiger partial charge in [0.25, 0.3) is 10.0 Å². The first-order chi connectivity index (χ1) is 70.3. The highest BCUT2D eigenvalue weighted by Crippen LogP contribution is 2.54. The van der Waals surface area contributed by atoms with Crippen molar-refractivity contribution in [1.29, 1.82) is 0 Å². The molecule has 0 unspecified atom stereocenters. The zero-order valence-corrected chi connectivity index (χ0v) is 97.4. The van der Waals surface area contributed by atoms with Gasteiger partial charge in [-0.1, -0.05) is 234 Å². The lowest BCUT2D eigenvalue weighted by Gasteiger charge is -2.46. The SMILES string of the molecule is [C-]#[N+]CC1(C(C)(C)C)CCN(Cc2ccc(S(C)(=O)=O)cc2)CC1.[C-]#[N+]CC1(C(C)(C)C)CCN(Cc2ccc3c(c2)CC=C3)CC1.[C-]#[N+]CC1(C(C)(C)C)CCN(Cc2ccc3c(c2)CC=N3)CC1.[C-]#[N+]CC1(C(C)(C)C)CCN(Cc2cccc(NS(=O)(=O)CC)c2)CC1.[C-]#[N+]CC1(C(C)(C)C)CCN(Cc2cccc(NS(=O)(=O)c3ccccc3)c2)CC1.[C-]#[N+]CC1(C(C)(C)C)CCN(Cc2cccc(S(C)(=O)=O)c2)CC1. The van der Waals surface area contributed by atoms with Gasteiger partial charge in [0.15, 0.2) is 19.7 Å². The van der Waals surface area contributed by atoms with Crippen molar-refractivity contribution in [2.75, 3.05) is 146 Å². The number of nitrogens with one attached hydrogen (secondary N) is 2. The van der Waals surface area contributed by atoms with Gasteiger partial charge in [0.05, 0.1) is 26.1 Å². The molecule has 7 aromatic rings. The van der Waals surface area contributed by atoms with Crippen molar-refractivity contribution in [2.45, 2.75) is 275 Å². The standard InChI is InChI=1S/C24H31N3O2S.C21H28N2.C20H31N3O2S.C20H27N3.2C19H28N2O2S/c1-23(2,3)24(19-25-4)13-15-27(16-14-24)18-20-9-8-10-21(17-20)26-30(28,29)22-11-6-5-7-12-22;1-20(2,3)21(16-22-4)10-12-23(13-11-21)15-17-8-9-18-6-5-7-19(18)14-17;1-6-26(24,25)22-18-9-7-8-17(14-18)15-23-12-10-20(11-13-23,16-21-5)19(2,3)4;1-19(2,3)20(15-21-4)8-11-23(12-9-20)14-16-5-6-18-17(13-16)7-10-22-18;1-18(2,3)19(15-20-4)10-12-21(13-11-19)14-16-6-8-17(9-7-16)24(5,22)23;1-18(2,3)19(15-20-4)9-11-21(12-10-19)14-16-7-6-8-17(13-16)24(5,22)23/h5-12,17,26H,13-16,18-19H2,1-3H3;5-6,8-9,14H,7,10-13,15-16H2,1-3H3;7-9,14,22H,6,10-13,15-16H2,1-4H3;5-6,10,13H,7-9,11-12,14-15H2,1-3H3;6-9H,10-15H2,1-3,5H3;6-8,13H,9-12,14-15H2,1-3,5H3. The number of anilines is 2. The van der Waals surface area contributed by atoms with E-state index in [1.54, 1.807) is 73.7 Å². The van der Waals surface area contributed by atoms with E-state index in [0.29, 0.717) is 60.4 Å². The topological polar surface area (TPSA) is 219 Å². The number of sulfonamides is 2. The molecule has 812 valence electrons. The molecule has 0 bridgehead atoms. The van der Waals surface area contributed by atoms with Crippen LogP contribution in [0.4, 0.5) is 17.1 Å². The molecule has 23 nitrogen and oxygen atoms in total. The number of fused-ring (bicyclic) bond motifs is 2. The molecule has 0 atom stereocenters. The highest BCUT2D eigenvalue weighted by atomic mass is 32.2. The van der Waals surface area contributed by atoms with Crippen molar-refractivity contribution >= 4 is 69.1 Å². The Hall–Kier alpha value is -9.95. The molecule has 7 aromatic carbocycles. The Bertz CT molecular complexity index is 6350. The number of sulfone groups is 2. The van der Waals surface area contributed by atoms with Gasteiger partial charge in [0, 0.05) is 108 Å². The number of nitrogens with zero attached hydrogens (tertiary/aromatic N) is 13. The first-order valence-corrected chi connectivity index (χ1v) is 60.8. The molecule has 7 heterocycles. The van der Waals surface area contributed by atoms with Crippen LogP contribution in [-0.4, -0.2) is 205 Å². The van der Waals surface area contributed by atoms with Crippen LogP contribution >= 0.6 is 0 Å². The van der Waals surface area contributed by atoms with Crippen LogP contribution in [0.5, 0.6) is 0 Å². The van der Waals surface area contributed by atoms with E-state index < -0.39 is 39.7 Å². The molecule has 2 N–H and O–H groups in total. The Morgan fingerprint density at radius 3 is 0.913 bits per heavy atom. The predicted octanol–water partition coefficient (Wildman–Crippen LogP) is 25.6. The molecular formula is C123H173N15O8S4. The molecular weight excluding hydrogens is 1940 g/mol. The molecule has 0 aromatic heterocycles. The van der Waals surface area contributed by atoms with Gasteiger partial charge < -0.3 is 29.1 Å². The highest BCUT2D eigenvalue weighted by molar-refractivity contribution is 7.93. The van der Waals surface area contributed by atoms with Crippen LogP contribution in [-0.2, 0) is 91.8 Å². The van der Waals surface area contributed by atoms with E-state index in [9.17, 15) is 33.7 Å². The van der Waals surface area contributed by atoms with E-state index in [-0.39, 0.29) is 75.6 Å². The van der Waals surface area contributed by atoms with Crippen LogP contribution < -0.4 is 9.44 Å². The minimum Gasteiger partial charge on any atom is -0.316 e. The smallest absolute Gasteiger partial charge is 0.261 e. The second kappa shape index (κ2) is 51.4. The largest absolute Gasteiger partial charge is 0.316 e. The monoisotopic (exact) mass is 2120 g/mol. The molecule has 6 saturated heterocycles. The molecule has 7 aliphatic heterocycles. The second-order valence-corrected chi connectivity index (χ2v) is 57.7. The van der Waals surface area contributed by atoms with Gasteiger partial charge >= 0.3 is 0 Å². The van der Waals surface area contributed by atoms with E-state index >= 15 is 0 Å². The van der Waals surface area contributed by atoms with Crippen LogP contribution in [0.25, 0.3) is 35.1 Å². The first kappa shape index (κ1) is 122. The summed E-state index contributed by atoms with van der Waals surface area (Å²) in [7, 11) is -13.1. The van der Waals surface area contributed by atoms with Crippen molar-refractivity contribution in [1.82, 2.24) is 29.4 Å². The summed E-state index contributed by atoms with van der Waals surface area (Å²) in [6.45, 7) is 108. The Kier molecular flexibility index (Phi) is 41.8. The van der Waals surface area contributed by atoms with Crippen LogP contribution in [0.2, 0.25) is 0 Å². The number of hydrogen-bond donors (Lipinski definition) is 2. The molecule has 0 radical (unpaired) electrons. The van der Waals surface area contributed by atoms with E-state index in [1.165, 1.54) is 40.3 Å². The summed E-state index contributed by atoms with van der Waals surface area (Å²) in [6, 6.07) is 51.6. The molecule has 8 aliphatic rings. The Labute approximate surface area is 905 Å². The maximum atomic E-state index is 12.6. The summed E-state index contributed by atoms with van der Waals surface area (Å²) >= 11 is 0. The molecule has 0 saturated carbocycles. The van der Waals surface area contributed by atoms with E-state index in [1.807, 2.05) is 66.9 Å². The molecule has 27 heteroatoms. The third-order valence-electron chi connectivity index (χ3n) is 35.2. The fourth-order valence-corrected chi connectivity index (χ4v) is 26.1. The van der Waals surface area contributed by atoms with E-state index in [4.69, 9.17) is 39.4 Å². The van der Waals surface area contributed by atoms with Crippen LogP contribution in [0.3, 0.4) is 0 Å². The number of likely N-dealkylation sites (tertiary alicyclic amines) is 6. The van der Waals surface area contributed by atoms with Crippen LogP contribution in [0, 0.1) is 104 Å². The number of rotatable bonds is 26. The zero-order valence-electron chi connectivity index (χ0n) is 94.1. The number of allylic oxidation sites excluding steroid dienone is 1. The van der Waals surface area contributed by atoms with E-state index in [0.717, 1.165) is 236 Å². The minimum atomic E-state index is -3.59. The Morgan fingerprint density at radius 2 is 0.593 bits per heavy atom. The van der Waals surface area contributed by atoms with Crippen molar-refractivity contribution in [3.05, 3.63) is 288 Å². The summed E-state index contributed by atoms with van der Waals surface area (Å²) in [5.41, 5.74) is 15.3. The normalized spacial score (nSPS) is 18.9. The average molecular weight is 2120 g/mol. The van der Waals surface area contributed by atoms with Gasteiger partial charge in [0.1, 0.15) is 0 Å². The lowest BCUT2D eigenvalue weighted by Crippen LogP contribution is -2.47. The summed E-state index contributed by atoms with van der Waals surface area (Å²) in [4.78, 5) is 42.5.